The lowest BCUT2D eigenvalue weighted by atomic mass is 9.39. The van der Waals surface area contributed by atoms with Crippen LogP contribution in [0.15, 0.2) is 18.2 Å². The van der Waals surface area contributed by atoms with Crippen LogP contribution in [0.1, 0.15) is 49.0 Å². The third kappa shape index (κ3) is 3.60. The lowest BCUT2D eigenvalue weighted by molar-refractivity contribution is -0.336. The number of rotatable bonds is 5. The summed E-state index contributed by atoms with van der Waals surface area (Å²) in [5.74, 6) is -0.802. The van der Waals surface area contributed by atoms with E-state index in [1.54, 1.807) is 0 Å². The van der Waals surface area contributed by atoms with Crippen LogP contribution < -0.4 is 10.0 Å². The summed E-state index contributed by atoms with van der Waals surface area (Å²) in [6, 6.07) is 2.75. The molecular weight excluding hydrogens is 394 g/mol. The predicted octanol–water partition coefficient (Wildman–Crippen LogP) is 5.39. The lowest BCUT2D eigenvalue weighted by Gasteiger charge is -2.70. The third-order valence-corrected chi connectivity index (χ3v) is 5.82. The van der Waals surface area contributed by atoms with Gasteiger partial charge < -0.3 is 10.0 Å². The van der Waals surface area contributed by atoms with Gasteiger partial charge in [-0.05, 0) is 49.4 Å². The maximum absolute atomic E-state index is 13.0. The number of alkyl halides is 6. The summed E-state index contributed by atoms with van der Waals surface area (Å²) in [6.07, 6.45) is -9.63. The number of halogens is 6. The molecule has 0 atom stereocenters. The number of nitrogens with one attached hydrogen (secondary N) is 2. The van der Waals surface area contributed by atoms with Crippen LogP contribution in [-0.4, -0.2) is 22.9 Å². The van der Waals surface area contributed by atoms with Crippen molar-refractivity contribution < 1.29 is 31.1 Å². The van der Waals surface area contributed by atoms with E-state index in [1.165, 1.54) is 11.9 Å². The maximum Gasteiger partial charge on any atom is 0.416 e. The molecule has 2 bridgehead atoms. The van der Waals surface area contributed by atoms with E-state index in [9.17, 15) is 31.1 Å². The molecular formula is C17H18F6N2OS. The van der Waals surface area contributed by atoms with E-state index in [0.717, 1.165) is 18.2 Å². The number of carbonyl (C=O) groups excluding carboxylic acids is 1. The molecule has 0 unspecified atom stereocenters. The predicted molar refractivity (Wildman–Crippen MR) is 90.3 cm³/mol. The highest BCUT2D eigenvalue weighted by atomic mass is 32.2. The monoisotopic (exact) mass is 412 g/mol. The van der Waals surface area contributed by atoms with E-state index in [2.05, 4.69) is 10.0 Å². The zero-order valence-electron chi connectivity index (χ0n) is 14.5. The molecule has 150 valence electrons. The Morgan fingerprint density at radius 1 is 1.11 bits per heavy atom. The Balaban J connectivity index is 1.79. The smallest absolute Gasteiger partial charge is 0.346 e. The number of amides is 1. The summed E-state index contributed by atoms with van der Waals surface area (Å²) in [6.45, 7) is 3.72. The Morgan fingerprint density at radius 3 is 2.19 bits per heavy atom. The maximum atomic E-state index is 13.0. The van der Waals surface area contributed by atoms with Gasteiger partial charge in [0.25, 0.3) is 5.91 Å². The molecule has 1 aromatic rings. The van der Waals surface area contributed by atoms with Gasteiger partial charge in [0, 0.05) is 10.8 Å². The van der Waals surface area contributed by atoms with Crippen molar-refractivity contribution in [2.24, 2.45) is 5.41 Å². The minimum absolute atomic E-state index is 0.104. The van der Waals surface area contributed by atoms with Crippen molar-refractivity contribution in [3.63, 3.8) is 0 Å². The first-order valence-electron chi connectivity index (χ1n) is 8.29. The minimum Gasteiger partial charge on any atom is -0.346 e. The standard InChI is InChI=1S/C17H18F6N2OS/c1-9(2)27-25-12-4-3-10(16(18,19)20)5-11(12)13(26)24-15-6-14(7-15,8-15)17(21,22)23/h3-5,9,25H,6-8H2,1-2H3,(H,24,26). The van der Waals surface area contributed by atoms with Gasteiger partial charge in [0.1, 0.15) is 0 Å². The highest BCUT2D eigenvalue weighted by Crippen LogP contribution is 2.73. The average molecular weight is 412 g/mol. The summed E-state index contributed by atoms with van der Waals surface area (Å²) >= 11 is 1.22. The van der Waals surface area contributed by atoms with Crippen LogP contribution in [0.2, 0.25) is 0 Å². The zero-order valence-corrected chi connectivity index (χ0v) is 15.3. The molecule has 0 radical (unpaired) electrons. The van der Waals surface area contributed by atoms with Crippen molar-refractivity contribution >= 4 is 23.5 Å². The summed E-state index contributed by atoms with van der Waals surface area (Å²) in [5.41, 5.74) is -3.75. The second-order valence-electron chi connectivity index (χ2n) is 7.57. The second-order valence-corrected chi connectivity index (χ2v) is 8.95. The van der Waals surface area contributed by atoms with Crippen LogP contribution in [0, 0.1) is 5.41 Å². The summed E-state index contributed by atoms with van der Waals surface area (Å²) in [7, 11) is 0. The summed E-state index contributed by atoms with van der Waals surface area (Å²) in [4.78, 5) is 12.6. The topological polar surface area (TPSA) is 41.1 Å². The summed E-state index contributed by atoms with van der Waals surface area (Å²) in [5, 5.41) is 2.63. The Kier molecular flexibility index (Phi) is 4.64. The van der Waals surface area contributed by atoms with Gasteiger partial charge in [0.05, 0.1) is 22.2 Å². The number of carbonyl (C=O) groups is 1. The first kappa shape index (κ1) is 20.2. The molecule has 0 aromatic heterocycles. The Labute approximate surface area is 156 Å². The van der Waals surface area contributed by atoms with Gasteiger partial charge in [-0.1, -0.05) is 13.8 Å². The quantitative estimate of drug-likeness (QED) is 0.503. The van der Waals surface area contributed by atoms with Gasteiger partial charge in [-0.15, -0.1) is 0 Å². The van der Waals surface area contributed by atoms with Gasteiger partial charge in [0.15, 0.2) is 0 Å². The molecule has 0 aliphatic heterocycles. The van der Waals surface area contributed by atoms with Crippen molar-refractivity contribution in [3.8, 4) is 0 Å². The van der Waals surface area contributed by atoms with E-state index < -0.39 is 34.8 Å². The van der Waals surface area contributed by atoms with E-state index >= 15 is 0 Å². The van der Waals surface area contributed by atoms with Crippen molar-refractivity contribution in [2.45, 2.75) is 56.3 Å². The van der Waals surface area contributed by atoms with Crippen LogP contribution in [0.3, 0.4) is 0 Å². The van der Waals surface area contributed by atoms with Crippen molar-refractivity contribution in [3.05, 3.63) is 29.3 Å². The third-order valence-electron chi connectivity index (χ3n) is 5.01. The Hall–Kier alpha value is -1.58. The molecule has 27 heavy (non-hydrogen) atoms. The van der Waals surface area contributed by atoms with Crippen molar-refractivity contribution in [1.82, 2.24) is 5.32 Å². The molecule has 0 saturated heterocycles. The molecule has 3 aliphatic rings. The molecule has 3 fully saturated rings. The second kappa shape index (κ2) is 6.22. The van der Waals surface area contributed by atoms with Crippen LogP contribution in [-0.2, 0) is 6.18 Å². The number of hydrogen-bond donors (Lipinski definition) is 2. The van der Waals surface area contributed by atoms with Gasteiger partial charge in [0.2, 0.25) is 0 Å². The molecule has 2 N–H and O–H groups in total. The molecule has 3 nitrogen and oxygen atoms in total. The van der Waals surface area contributed by atoms with Gasteiger partial charge >= 0.3 is 12.4 Å². The number of hydrogen-bond acceptors (Lipinski definition) is 3. The van der Waals surface area contributed by atoms with E-state index in [-0.39, 0.29) is 35.8 Å². The molecule has 1 aromatic carbocycles. The largest absolute Gasteiger partial charge is 0.416 e. The van der Waals surface area contributed by atoms with Gasteiger partial charge in [-0.3, -0.25) is 4.79 Å². The van der Waals surface area contributed by atoms with Crippen LogP contribution in [0.5, 0.6) is 0 Å². The highest BCUT2D eigenvalue weighted by molar-refractivity contribution is 8.01. The van der Waals surface area contributed by atoms with E-state index in [4.69, 9.17) is 0 Å². The van der Waals surface area contributed by atoms with Gasteiger partial charge in [-0.2, -0.15) is 26.3 Å². The average Bonchev–Trinajstić information content (AvgIpc) is 2.44. The Morgan fingerprint density at radius 2 is 1.70 bits per heavy atom. The molecule has 0 heterocycles. The van der Waals surface area contributed by atoms with E-state index in [0.29, 0.717) is 0 Å². The molecule has 3 aliphatic carbocycles. The van der Waals surface area contributed by atoms with Crippen molar-refractivity contribution in [2.75, 3.05) is 4.72 Å². The molecule has 3 saturated carbocycles. The number of anilines is 1. The van der Waals surface area contributed by atoms with Crippen LogP contribution in [0.25, 0.3) is 0 Å². The summed E-state index contributed by atoms with van der Waals surface area (Å²) < 4.78 is 80.6. The molecule has 0 spiro atoms. The fraction of sp³-hybridized carbons (Fsp3) is 0.588. The van der Waals surface area contributed by atoms with E-state index in [1.807, 2.05) is 13.8 Å². The highest BCUT2D eigenvalue weighted by Gasteiger charge is 2.79. The fourth-order valence-electron chi connectivity index (χ4n) is 3.71. The molecule has 1 amide bonds. The Bertz CT molecular complexity index is 739. The first-order valence-corrected chi connectivity index (χ1v) is 9.17. The number of benzene rings is 1. The lowest BCUT2D eigenvalue weighted by Crippen LogP contribution is -2.78. The minimum atomic E-state index is -4.63. The van der Waals surface area contributed by atoms with Crippen molar-refractivity contribution in [1.29, 1.82) is 0 Å². The van der Waals surface area contributed by atoms with Crippen LogP contribution >= 0.6 is 11.9 Å². The van der Waals surface area contributed by atoms with Crippen LogP contribution in [0.4, 0.5) is 32.0 Å². The molecule has 4 rings (SSSR count). The zero-order chi connectivity index (χ0) is 20.3. The first-order chi connectivity index (χ1) is 12.3. The molecule has 10 heteroatoms. The SMILES string of the molecule is CC(C)SNc1ccc(C(F)(F)F)cc1C(=O)NC12CC(C(F)(F)F)(C1)C2. The fourth-order valence-corrected chi connectivity index (χ4v) is 4.25. The normalized spacial score (nSPS) is 27.0. The van der Waals surface area contributed by atoms with Gasteiger partial charge in [-0.25, -0.2) is 0 Å².